The maximum absolute atomic E-state index is 12.1. The Kier molecular flexibility index (Phi) is 11.4. The molecule has 6 heteroatoms. The number of nitrogens with zero attached hydrogens (tertiary/aromatic N) is 2. The molecule has 0 radical (unpaired) electrons. The molecule has 0 atom stereocenters. The number of hydrogen-bond acceptors (Lipinski definition) is 6. The molecule has 0 amide bonds. The minimum Gasteiger partial charge on any atom is -0.299 e. The van der Waals surface area contributed by atoms with Gasteiger partial charge in [-0.25, -0.2) is 0 Å². The van der Waals surface area contributed by atoms with E-state index in [4.69, 9.17) is 0 Å². The molecule has 0 aliphatic rings. The van der Waals surface area contributed by atoms with Gasteiger partial charge in [0.2, 0.25) is 0 Å². The number of Topliss-reactive ketones (excluding diaryl/α,β-unsaturated/α-hetero) is 4. The van der Waals surface area contributed by atoms with Crippen molar-refractivity contribution in [2.75, 3.05) is 39.3 Å². The Labute approximate surface area is 158 Å². The molecule has 0 aromatic carbocycles. The van der Waals surface area contributed by atoms with E-state index in [2.05, 4.69) is 0 Å². The molecule has 0 aromatic heterocycles. The molecule has 0 spiro atoms. The van der Waals surface area contributed by atoms with E-state index in [-0.39, 0.29) is 67.1 Å². The average molecular weight is 369 g/mol. The topological polar surface area (TPSA) is 74.8 Å². The van der Waals surface area contributed by atoms with Crippen LogP contribution in [0.25, 0.3) is 0 Å². The van der Waals surface area contributed by atoms with Gasteiger partial charge in [-0.2, -0.15) is 0 Å². The lowest BCUT2D eigenvalue weighted by atomic mass is 10.1. The van der Waals surface area contributed by atoms with Gasteiger partial charge in [0.05, 0.1) is 26.2 Å². The van der Waals surface area contributed by atoms with Gasteiger partial charge in [-0.3, -0.25) is 29.0 Å². The van der Waals surface area contributed by atoms with Crippen LogP contribution < -0.4 is 0 Å². The smallest absolute Gasteiger partial charge is 0.149 e. The quantitative estimate of drug-likeness (QED) is 0.466. The van der Waals surface area contributed by atoms with Crippen LogP contribution in [-0.2, 0) is 19.2 Å². The summed E-state index contributed by atoms with van der Waals surface area (Å²) in [6.07, 6.45) is 0. The second-order valence-corrected chi connectivity index (χ2v) is 7.99. The third-order valence-electron chi connectivity index (χ3n) is 4.25. The summed E-state index contributed by atoms with van der Waals surface area (Å²) in [5.41, 5.74) is 0. The molecule has 0 bridgehead atoms. The molecule has 0 saturated heterocycles. The SMILES string of the molecule is CC(=O)CN(CCN(CC(=O)C(C)C)CC(=O)C(C)C)CC(=O)C(C)C. The van der Waals surface area contributed by atoms with Crippen molar-refractivity contribution in [3.63, 3.8) is 0 Å². The highest BCUT2D eigenvalue weighted by Gasteiger charge is 2.21. The van der Waals surface area contributed by atoms with Crippen molar-refractivity contribution in [2.45, 2.75) is 48.5 Å². The van der Waals surface area contributed by atoms with Gasteiger partial charge in [0.1, 0.15) is 23.1 Å². The number of hydrogen-bond donors (Lipinski definition) is 0. The summed E-state index contributed by atoms with van der Waals surface area (Å²) in [6, 6.07) is 0. The first-order valence-corrected chi connectivity index (χ1v) is 9.46. The molecule has 150 valence electrons. The van der Waals surface area contributed by atoms with Crippen molar-refractivity contribution in [1.29, 1.82) is 0 Å². The zero-order chi connectivity index (χ0) is 20.4. The lowest BCUT2D eigenvalue weighted by Gasteiger charge is -2.27. The monoisotopic (exact) mass is 368 g/mol. The van der Waals surface area contributed by atoms with Gasteiger partial charge in [0.15, 0.2) is 0 Å². The zero-order valence-electron chi connectivity index (χ0n) is 17.5. The van der Waals surface area contributed by atoms with Crippen LogP contribution in [0.15, 0.2) is 0 Å². The summed E-state index contributed by atoms with van der Waals surface area (Å²) in [7, 11) is 0. The Morgan fingerprint density at radius 3 is 1.08 bits per heavy atom. The van der Waals surface area contributed by atoms with Crippen LogP contribution >= 0.6 is 0 Å². The minimum atomic E-state index is -0.0949. The van der Waals surface area contributed by atoms with E-state index in [1.54, 1.807) is 4.90 Å². The first-order chi connectivity index (χ1) is 11.9. The molecule has 6 nitrogen and oxygen atoms in total. The Morgan fingerprint density at radius 1 is 0.577 bits per heavy atom. The van der Waals surface area contributed by atoms with Crippen molar-refractivity contribution in [3.8, 4) is 0 Å². The number of carbonyl (C=O) groups is 4. The second-order valence-electron chi connectivity index (χ2n) is 7.99. The van der Waals surface area contributed by atoms with Crippen molar-refractivity contribution in [1.82, 2.24) is 9.80 Å². The van der Waals surface area contributed by atoms with Crippen LogP contribution in [0.5, 0.6) is 0 Å². The van der Waals surface area contributed by atoms with E-state index in [1.807, 2.05) is 46.4 Å². The maximum Gasteiger partial charge on any atom is 0.149 e. The Morgan fingerprint density at radius 2 is 0.846 bits per heavy atom. The van der Waals surface area contributed by atoms with Crippen molar-refractivity contribution in [3.05, 3.63) is 0 Å². The average Bonchev–Trinajstić information content (AvgIpc) is 2.50. The molecule has 0 rings (SSSR count). The van der Waals surface area contributed by atoms with Crippen LogP contribution in [0.2, 0.25) is 0 Å². The van der Waals surface area contributed by atoms with E-state index < -0.39 is 0 Å². The van der Waals surface area contributed by atoms with E-state index >= 15 is 0 Å². The van der Waals surface area contributed by atoms with E-state index in [0.29, 0.717) is 13.1 Å². The fourth-order valence-electron chi connectivity index (χ4n) is 2.23. The molecular formula is C20H36N2O4. The number of ketones is 4. The standard InChI is InChI=1S/C20H36N2O4/c1-14(2)18(24)11-21(10-17(7)23)8-9-22(12-19(25)15(3)4)13-20(26)16(5)6/h14-16H,8-13H2,1-7H3. The van der Waals surface area contributed by atoms with Crippen molar-refractivity contribution >= 4 is 23.1 Å². The summed E-state index contributed by atoms with van der Waals surface area (Å²) in [5.74, 6) is -0.0506. The Hall–Kier alpha value is -1.40. The fraction of sp³-hybridized carbons (Fsp3) is 0.800. The maximum atomic E-state index is 12.1. The van der Waals surface area contributed by atoms with Gasteiger partial charge in [-0.05, 0) is 6.92 Å². The van der Waals surface area contributed by atoms with Crippen LogP contribution in [0, 0.1) is 17.8 Å². The van der Waals surface area contributed by atoms with Crippen LogP contribution in [0.1, 0.15) is 48.5 Å². The molecule has 0 saturated carbocycles. The molecule has 0 aromatic rings. The van der Waals surface area contributed by atoms with E-state index in [0.717, 1.165) is 0 Å². The minimum absolute atomic E-state index is 0.00961. The van der Waals surface area contributed by atoms with Gasteiger partial charge in [-0.15, -0.1) is 0 Å². The third kappa shape index (κ3) is 10.6. The zero-order valence-corrected chi connectivity index (χ0v) is 17.5. The predicted molar refractivity (Wildman–Crippen MR) is 103 cm³/mol. The fourth-order valence-corrected chi connectivity index (χ4v) is 2.23. The summed E-state index contributed by atoms with van der Waals surface area (Å²) < 4.78 is 0. The molecule has 0 unspecified atom stereocenters. The van der Waals surface area contributed by atoms with E-state index in [9.17, 15) is 19.2 Å². The highest BCUT2D eigenvalue weighted by atomic mass is 16.1. The van der Waals surface area contributed by atoms with Gasteiger partial charge >= 0.3 is 0 Å². The van der Waals surface area contributed by atoms with E-state index in [1.165, 1.54) is 6.92 Å². The molecular weight excluding hydrogens is 332 g/mol. The number of carbonyl (C=O) groups excluding carboxylic acids is 4. The van der Waals surface area contributed by atoms with Crippen LogP contribution in [-0.4, -0.2) is 72.2 Å². The molecule has 0 fully saturated rings. The normalized spacial score (nSPS) is 11.8. The molecule has 0 aliphatic heterocycles. The van der Waals surface area contributed by atoms with Crippen molar-refractivity contribution < 1.29 is 19.2 Å². The highest BCUT2D eigenvalue weighted by molar-refractivity contribution is 5.85. The highest BCUT2D eigenvalue weighted by Crippen LogP contribution is 2.04. The van der Waals surface area contributed by atoms with Crippen LogP contribution in [0.4, 0.5) is 0 Å². The summed E-state index contributed by atoms with van der Waals surface area (Å²) in [4.78, 5) is 51.4. The lowest BCUT2D eigenvalue weighted by molar-refractivity contribution is -0.128. The third-order valence-corrected chi connectivity index (χ3v) is 4.25. The van der Waals surface area contributed by atoms with Gasteiger partial charge < -0.3 is 0 Å². The second kappa shape index (κ2) is 12.1. The van der Waals surface area contributed by atoms with Gasteiger partial charge in [0, 0.05) is 30.8 Å². The Bertz CT molecular complexity index is 476. The van der Waals surface area contributed by atoms with Crippen molar-refractivity contribution in [2.24, 2.45) is 17.8 Å². The van der Waals surface area contributed by atoms with Gasteiger partial charge in [-0.1, -0.05) is 41.5 Å². The largest absolute Gasteiger partial charge is 0.299 e. The van der Waals surface area contributed by atoms with Crippen LogP contribution in [0.3, 0.4) is 0 Å². The van der Waals surface area contributed by atoms with Gasteiger partial charge in [0.25, 0.3) is 0 Å². The first-order valence-electron chi connectivity index (χ1n) is 9.46. The summed E-state index contributed by atoms with van der Waals surface area (Å²) >= 11 is 0. The molecule has 0 heterocycles. The summed E-state index contributed by atoms with van der Waals surface area (Å²) in [6.45, 7) is 14.3. The number of rotatable bonds is 14. The molecule has 26 heavy (non-hydrogen) atoms. The molecule has 0 aliphatic carbocycles. The predicted octanol–water partition coefficient (Wildman–Crippen LogP) is 1.85. The molecule has 0 N–H and O–H groups in total. The lowest BCUT2D eigenvalue weighted by Crippen LogP contribution is -2.44. The summed E-state index contributed by atoms with van der Waals surface area (Å²) in [5, 5.41) is 0. The Balaban J connectivity index is 4.99. The first kappa shape index (κ1) is 24.6.